The van der Waals surface area contributed by atoms with Gasteiger partial charge in [0.2, 0.25) is 0 Å². The van der Waals surface area contributed by atoms with Gasteiger partial charge in [-0.2, -0.15) is 0 Å². The first-order chi connectivity index (χ1) is 11.1. The quantitative estimate of drug-likeness (QED) is 0.696. The van der Waals surface area contributed by atoms with Crippen LogP contribution in [0, 0.1) is 0 Å². The van der Waals surface area contributed by atoms with Crippen LogP contribution in [0.5, 0.6) is 0 Å². The zero-order chi connectivity index (χ0) is 18.1. The van der Waals surface area contributed by atoms with Crippen molar-refractivity contribution in [2.75, 3.05) is 7.11 Å². The zero-order valence-electron chi connectivity index (χ0n) is 13.7. The number of aromatic nitrogens is 1. The maximum Gasteiger partial charge on any atom is 0.418 e. The summed E-state index contributed by atoms with van der Waals surface area (Å²) in [6.45, 7) is 5.35. The number of esters is 1. The molecule has 0 amide bonds. The molecule has 7 heteroatoms. The van der Waals surface area contributed by atoms with E-state index in [2.05, 4.69) is 4.74 Å². The van der Waals surface area contributed by atoms with E-state index in [1.165, 1.54) is 11.7 Å². The van der Waals surface area contributed by atoms with Gasteiger partial charge in [-0.25, -0.2) is 9.59 Å². The van der Waals surface area contributed by atoms with Crippen LogP contribution < -0.4 is 0 Å². The number of rotatable bonds is 2. The topological polar surface area (TPSA) is 57.5 Å². The lowest BCUT2D eigenvalue weighted by Crippen LogP contribution is -2.27. The molecule has 0 atom stereocenters. The van der Waals surface area contributed by atoms with Crippen LogP contribution >= 0.6 is 23.2 Å². The fraction of sp³-hybridized carbons (Fsp3) is 0.294. The standard InChI is InChI=1S/C17H17Cl2NO4/c1-17(2,3)24-16(22)20-7-5-6-13(20)10-8-11(18)14(12(19)9-10)15(21)23-4/h5-9H,1-4H3. The summed E-state index contributed by atoms with van der Waals surface area (Å²) >= 11 is 12.3. The van der Waals surface area contributed by atoms with Crippen LogP contribution in [0.3, 0.4) is 0 Å². The summed E-state index contributed by atoms with van der Waals surface area (Å²) < 4.78 is 11.4. The van der Waals surface area contributed by atoms with Gasteiger partial charge in [0.15, 0.2) is 0 Å². The Morgan fingerprint density at radius 2 is 1.71 bits per heavy atom. The lowest BCUT2D eigenvalue weighted by Gasteiger charge is -2.20. The molecule has 0 saturated heterocycles. The van der Waals surface area contributed by atoms with Crippen LogP contribution in [0.2, 0.25) is 10.0 Å². The number of nitrogens with zero attached hydrogens (tertiary/aromatic N) is 1. The van der Waals surface area contributed by atoms with Gasteiger partial charge in [0.25, 0.3) is 0 Å². The van der Waals surface area contributed by atoms with Crippen molar-refractivity contribution in [3.05, 3.63) is 46.1 Å². The Bertz CT molecular complexity index is 767. The van der Waals surface area contributed by atoms with Gasteiger partial charge in [0.1, 0.15) is 5.60 Å². The summed E-state index contributed by atoms with van der Waals surface area (Å²) in [4.78, 5) is 24.0. The van der Waals surface area contributed by atoms with Gasteiger partial charge >= 0.3 is 12.1 Å². The smallest absolute Gasteiger partial charge is 0.418 e. The molecule has 24 heavy (non-hydrogen) atoms. The second kappa shape index (κ2) is 6.87. The predicted octanol–water partition coefficient (Wildman–Crippen LogP) is 5.03. The first kappa shape index (κ1) is 18.4. The highest BCUT2D eigenvalue weighted by atomic mass is 35.5. The van der Waals surface area contributed by atoms with Gasteiger partial charge in [-0.1, -0.05) is 23.2 Å². The molecule has 2 aromatic rings. The Balaban J connectivity index is 2.46. The molecule has 0 unspecified atom stereocenters. The Labute approximate surface area is 150 Å². The Hall–Kier alpha value is -1.98. The zero-order valence-corrected chi connectivity index (χ0v) is 15.2. The summed E-state index contributed by atoms with van der Waals surface area (Å²) in [5.41, 5.74) is 0.584. The molecule has 1 heterocycles. The van der Waals surface area contributed by atoms with Crippen LogP contribution in [0.15, 0.2) is 30.5 Å². The van der Waals surface area contributed by atoms with Gasteiger partial charge < -0.3 is 9.47 Å². The van der Waals surface area contributed by atoms with Crippen molar-refractivity contribution in [3.63, 3.8) is 0 Å². The molecule has 0 aliphatic rings. The number of hydrogen-bond donors (Lipinski definition) is 0. The number of hydrogen-bond acceptors (Lipinski definition) is 4. The molecular weight excluding hydrogens is 353 g/mol. The summed E-state index contributed by atoms with van der Waals surface area (Å²) in [6.07, 6.45) is 1.06. The fourth-order valence-electron chi connectivity index (χ4n) is 2.10. The average Bonchev–Trinajstić information content (AvgIpc) is 2.93. The molecule has 1 aromatic carbocycles. The van der Waals surface area contributed by atoms with Crippen molar-refractivity contribution < 1.29 is 19.1 Å². The van der Waals surface area contributed by atoms with Crippen molar-refractivity contribution in [2.45, 2.75) is 26.4 Å². The van der Waals surface area contributed by atoms with E-state index < -0.39 is 17.7 Å². The molecule has 0 bridgehead atoms. The number of carbonyl (C=O) groups excluding carboxylic acids is 2. The highest BCUT2D eigenvalue weighted by molar-refractivity contribution is 6.39. The third-order valence-electron chi connectivity index (χ3n) is 3.07. The monoisotopic (exact) mass is 369 g/mol. The molecule has 0 aliphatic heterocycles. The third kappa shape index (κ3) is 3.91. The van der Waals surface area contributed by atoms with Crippen molar-refractivity contribution >= 4 is 35.3 Å². The Morgan fingerprint density at radius 3 is 2.21 bits per heavy atom. The summed E-state index contributed by atoms with van der Waals surface area (Å²) in [5, 5.41) is 0.280. The van der Waals surface area contributed by atoms with Crippen LogP contribution in [0.4, 0.5) is 4.79 Å². The van der Waals surface area contributed by atoms with E-state index in [4.69, 9.17) is 27.9 Å². The van der Waals surface area contributed by atoms with Crippen molar-refractivity contribution in [3.8, 4) is 11.3 Å². The Morgan fingerprint density at radius 1 is 1.12 bits per heavy atom. The molecule has 0 N–H and O–H groups in total. The number of ether oxygens (including phenoxy) is 2. The molecule has 0 spiro atoms. The van der Waals surface area contributed by atoms with Crippen LogP contribution in [-0.2, 0) is 9.47 Å². The first-order valence-corrected chi connectivity index (χ1v) is 7.88. The molecule has 1 aromatic heterocycles. The number of methoxy groups -OCH3 is 1. The van der Waals surface area contributed by atoms with E-state index in [0.29, 0.717) is 11.3 Å². The SMILES string of the molecule is COC(=O)c1c(Cl)cc(-c2cccn2C(=O)OC(C)(C)C)cc1Cl. The lowest BCUT2D eigenvalue weighted by atomic mass is 10.1. The maximum absolute atomic E-state index is 12.3. The first-order valence-electron chi connectivity index (χ1n) is 7.12. The Kier molecular flexibility index (Phi) is 5.26. The van der Waals surface area contributed by atoms with Gasteiger partial charge in [-0.05, 0) is 45.0 Å². The number of halogens is 2. The second-order valence-corrected chi connectivity index (χ2v) is 6.86. The predicted molar refractivity (Wildman–Crippen MR) is 92.9 cm³/mol. The maximum atomic E-state index is 12.3. The van der Waals surface area contributed by atoms with Gasteiger partial charge in [-0.15, -0.1) is 0 Å². The summed E-state index contributed by atoms with van der Waals surface area (Å²) in [6, 6.07) is 6.53. The largest absolute Gasteiger partial charge is 0.465 e. The third-order valence-corrected chi connectivity index (χ3v) is 3.66. The van der Waals surface area contributed by atoms with Crippen molar-refractivity contribution in [2.24, 2.45) is 0 Å². The summed E-state index contributed by atoms with van der Waals surface area (Å²) in [5.74, 6) is -0.626. The minimum Gasteiger partial charge on any atom is -0.465 e. The minimum atomic E-state index is -0.626. The molecule has 5 nitrogen and oxygen atoms in total. The minimum absolute atomic E-state index is 0.0833. The number of benzene rings is 1. The van der Waals surface area contributed by atoms with Crippen molar-refractivity contribution in [1.82, 2.24) is 4.57 Å². The van der Waals surface area contributed by atoms with Gasteiger partial charge in [-0.3, -0.25) is 4.57 Å². The van der Waals surface area contributed by atoms with Crippen molar-refractivity contribution in [1.29, 1.82) is 0 Å². The molecular formula is C17H17Cl2NO4. The van der Waals surface area contributed by atoms with E-state index in [1.54, 1.807) is 51.2 Å². The number of carbonyl (C=O) groups is 2. The highest BCUT2D eigenvalue weighted by Crippen LogP contribution is 2.32. The lowest BCUT2D eigenvalue weighted by molar-refractivity contribution is 0.0538. The summed E-state index contributed by atoms with van der Waals surface area (Å²) in [7, 11) is 1.25. The molecule has 2 rings (SSSR count). The molecule has 0 saturated carbocycles. The van der Waals surface area contributed by atoms with E-state index in [9.17, 15) is 9.59 Å². The van der Waals surface area contributed by atoms with Gasteiger partial charge in [0.05, 0.1) is 28.4 Å². The highest BCUT2D eigenvalue weighted by Gasteiger charge is 2.22. The van der Waals surface area contributed by atoms with E-state index >= 15 is 0 Å². The van der Waals surface area contributed by atoms with Crippen LogP contribution in [0.25, 0.3) is 11.3 Å². The van der Waals surface area contributed by atoms with E-state index in [1.807, 2.05) is 0 Å². The average molecular weight is 370 g/mol. The fourth-order valence-corrected chi connectivity index (χ4v) is 2.75. The molecule has 0 fully saturated rings. The van der Waals surface area contributed by atoms with Crippen LogP contribution in [-0.4, -0.2) is 29.3 Å². The van der Waals surface area contributed by atoms with Crippen LogP contribution in [0.1, 0.15) is 31.1 Å². The normalized spacial score (nSPS) is 11.2. The molecule has 128 valence electrons. The second-order valence-electron chi connectivity index (χ2n) is 6.05. The molecule has 0 radical (unpaired) electrons. The van der Waals surface area contributed by atoms with Gasteiger partial charge in [0, 0.05) is 11.8 Å². The molecule has 0 aliphatic carbocycles. The van der Waals surface area contributed by atoms with E-state index in [0.717, 1.165) is 0 Å². The van der Waals surface area contributed by atoms with E-state index in [-0.39, 0.29) is 15.6 Å².